The number of hydrogen-bond acceptors (Lipinski definition) is 4. The fourth-order valence-electron chi connectivity index (χ4n) is 1.92. The maximum absolute atomic E-state index is 8.85. The van der Waals surface area contributed by atoms with Gasteiger partial charge in [0.25, 0.3) is 0 Å². The Morgan fingerprint density at radius 3 is 2.00 bits per heavy atom. The van der Waals surface area contributed by atoms with Gasteiger partial charge in [0.1, 0.15) is 0 Å². The van der Waals surface area contributed by atoms with E-state index in [4.69, 9.17) is 14.9 Å². The lowest BCUT2D eigenvalue weighted by Crippen LogP contribution is -2.31. The Hall–Kier alpha value is -0.160. The summed E-state index contributed by atoms with van der Waals surface area (Å²) in [5, 5.41) is 17.7. The Labute approximate surface area is 112 Å². The minimum Gasteiger partial charge on any atom is -0.395 e. The van der Waals surface area contributed by atoms with Crippen LogP contribution in [-0.4, -0.2) is 61.2 Å². The van der Waals surface area contributed by atoms with Crippen molar-refractivity contribution in [1.29, 1.82) is 0 Å². The first-order chi connectivity index (χ1) is 8.85. The first kappa shape index (κ1) is 17.8. The number of aliphatic hydroxyl groups is 2. The van der Waals surface area contributed by atoms with Crippen LogP contribution in [0.1, 0.15) is 45.4 Å². The van der Waals surface area contributed by atoms with Crippen molar-refractivity contribution in [1.82, 2.24) is 4.90 Å². The number of unbranched alkanes of at least 4 members (excludes halogenated alkanes) is 4. The summed E-state index contributed by atoms with van der Waals surface area (Å²) >= 11 is 0. The van der Waals surface area contributed by atoms with Crippen LogP contribution in [0.4, 0.5) is 0 Å². The third-order valence-electron chi connectivity index (χ3n) is 2.99. The fourth-order valence-corrected chi connectivity index (χ4v) is 1.92. The second-order valence-electron chi connectivity index (χ2n) is 4.67. The van der Waals surface area contributed by atoms with Gasteiger partial charge in [0, 0.05) is 32.8 Å². The van der Waals surface area contributed by atoms with Crippen molar-refractivity contribution in [2.75, 3.05) is 46.1 Å². The predicted molar refractivity (Wildman–Crippen MR) is 74.8 cm³/mol. The van der Waals surface area contributed by atoms with Crippen LogP contribution in [0.25, 0.3) is 0 Å². The molecule has 0 spiro atoms. The van der Waals surface area contributed by atoms with E-state index in [2.05, 4.69) is 11.8 Å². The van der Waals surface area contributed by atoms with Crippen LogP contribution >= 0.6 is 0 Å². The van der Waals surface area contributed by atoms with Crippen LogP contribution < -0.4 is 0 Å². The van der Waals surface area contributed by atoms with Crippen molar-refractivity contribution in [3.63, 3.8) is 0 Å². The van der Waals surface area contributed by atoms with Crippen LogP contribution in [0, 0.1) is 0 Å². The molecular formula is C14H31NO3. The monoisotopic (exact) mass is 261 g/mol. The van der Waals surface area contributed by atoms with Crippen LogP contribution in [0.2, 0.25) is 0 Å². The molecule has 0 saturated heterocycles. The molecule has 2 N–H and O–H groups in total. The van der Waals surface area contributed by atoms with Crippen LogP contribution in [0.15, 0.2) is 0 Å². The molecule has 0 amide bonds. The third-order valence-corrected chi connectivity index (χ3v) is 2.99. The van der Waals surface area contributed by atoms with E-state index in [0.717, 1.165) is 32.6 Å². The van der Waals surface area contributed by atoms with Gasteiger partial charge < -0.3 is 14.9 Å². The van der Waals surface area contributed by atoms with Crippen molar-refractivity contribution >= 4 is 0 Å². The Kier molecular flexibility index (Phi) is 14.8. The maximum Gasteiger partial charge on any atom is 0.0558 e. The number of hydrogen-bond donors (Lipinski definition) is 2. The zero-order valence-corrected chi connectivity index (χ0v) is 11.9. The van der Waals surface area contributed by atoms with E-state index in [1.165, 1.54) is 25.7 Å². The zero-order valence-electron chi connectivity index (χ0n) is 11.9. The van der Waals surface area contributed by atoms with Crippen LogP contribution in [0.3, 0.4) is 0 Å². The summed E-state index contributed by atoms with van der Waals surface area (Å²) in [5.74, 6) is 0. The number of aliphatic hydroxyl groups excluding tert-OH is 2. The second-order valence-corrected chi connectivity index (χ2v) is 4.67. The molecule has 0 aromatic carbocycles. The number of rotatable bonds is 14. The summed E-state index contributed by atoms with van der Waals surface area (Å²) < 4.78 is 5.57. The van der Waals surface area contributed by atoms with Crippen molar-refractivity contribution < 1.29 is 14.9 Å². The summed E-state index contributed by atoms with van der Waals surface area (Å²) in [6.07, 6.45) is 7.34. The van der Waals surface area contributed by atoms with Crippen LogP contribution in [0.5, 0.6) is 0 Å². The van der Waals surface area contributed by atoms with Gasteiger partial charge in [-0.2, -0.15) is 0 Å². The normalized spacial score (nSPS) is 11.3. The van der Waals surface area contributed by atoms with Gasteiger partial charge >= 0.3 is 0 Å². The molecule has 0 aromatic heterocycles. The van der Waals surface area contributed by atoms with E-state index in [1.54, 1.807) is 0 Å². The molecular weight excluding hydrogens is 230 g/mol. The minimum atomic E-state index is 0.151. The summed E-state index contributed by atoms with van der Waals surface area (Å²) in [6, 6.07) is 0. The van der Waals surface area contributed by atoms with Crippen molar-refractivity contribution in [3.05, 3.63) is 0 Å². The Bertz CT molecular complexity index is 150. The highest BCUT2D eigenvalue weighted by molar-refractivity contribution is 4.56. The largest absolute Gasteiger partial charge is 0.395 e. The van der Waals surface area contributed by atoms with Gasteiger partial charge in [-0.3, -0.25) is 4.90 Å². The molecule has 4 heteroatoms. The molecule has 18 heavy (non-hydrogen) atoms. The first-order valence-electron chi connectivity index (χ1n) is 7.37. The van der Waals surface area contributed by atoms with Crippen molar-refractivity contribution in [3.8, 4) is 0 Å². The molecule has 0 aliphatic carbocycles. The summed E-state index contributed by atoms with van der Waals surface area (Å²) in [4.78, 5) is 2.06. The standard InChI is InChI=1S/C14H31NO3/c1-2-3-4-5-6-13-18-14-7-8-15(9-11-16)10-12-17/h16-17H,2-14H2,1H3. The van der Waals surface area contributed by atoms with Gasteiger partial charge in [-0.05, 0) is 12.8 Å². The summed E-state index contributed by atoms with van der Waals surface area (Å²) in [5.41, 5.74) is 0. The topological polar surface area (TPSA) is 52.9 Å². The Morgan fingerprint density at radius 2 is 1.39 bits per heavy atom. The number of ether oxygens (including phenoxy) is 1. The second kappa shape index (κ2) is 14.9. The van der Waals surface area contributed by atoms with Gasteiger partial charge in [0.2, 0.25) is 0 Å². The predicted octanol–water partition coefficient (Wildman–Crippen LogP) is 1.65. The zero-order chi connectivity index (χ0) is 13.5. The third kappa shape index (κ3) is 12.3. The molecule has 110 valence electrons. The molecule has 0 unspecified atom stereocenters. The minimum absolute atomic E-state index is 0.151. The van der Waals surface area contributed by atoms with E-state index in [0.29, 0.717) is 13.1 Å². The van der Waals surface area contributed by atoms with Crippen molar-refractivity contribution in [2.45, 2.75) is 45.4 Å². The lowest BCUT2D eigenvalue weighted by Gasteiger charge is -2.19. The molecule has 0 fully saturated rings. The molecule has 0 aliphatic heterocycles. The molecule has 4 nitrogen and oxygen atoms in total. The molecule has 0 aromatic rings. The molecule has 0 heterocycles. The first-order valence-corrected chi connectivity index (χ1v) is 7.37. The number of nitrogens with zero attached hydrogens (tertiary/aromatic N) is 1. The molecule has 0 atom stereocenters. The molecule has 0 bridgehead atoms. The maximum atomic E-state index is 8.85. The van der Waals surface area contributed by atoms with Gasteiger partial charge in [0.15, 0.2) is 0 Å². The van der Waals surface area contributed by atoms with Gasteiger partial charge in [-0.25, -0.2) is 0 Å². The Balaban J connectivity index is 3.21. The highest BCUT2D eigenvalue weighted by atomic mass is 16.5. The van der Waals surface area contributed by atoms with Gasteiger partial charge in [-0.15, -0.1) is 0 Å². The van der Waals surface area contributed by atoms with E-state index in [-0.39, 0.29) is 13.2 Å². The van der Waals surface area contributed by atoms with E-state index in [9.17, 15) is 0 Å². The smallest absolute Gasteiger partial charge is 0.0558 e. The highest BCUT2D eigenvalue weighted by Gasteiger charge is 2.02. The van der Waals surface area contributed by atoms with Crippen molar-refractivity contribution in [2.24, 2.45) is 0 Å². The SMILES string of the molecule is CCCCCCCOCCCN(CCO)CCO. The quantitative estimate of drug-likeness (QED) is 0.467. The lowest BCUT2D eigenvalue weighted by molar-refractivity contribution is 0.107. The average Bonchev–Trinajstić information content (AvgIpc) is 2.37. The summed E-state index contributed by atoms with van der Waals surface area (Å²) in [6.45, 7) is 6.33. The van der Waals surface area contributed by atoms with Gasteiger partial charge in [0.05, 0.1) is 13.2 Å². The molecule has 0 aliphatic rings. The van der Waals surface area contributed by atoms with E-state index in [1.807, 2.05) is 0 Å². The molecule has 0 saturated carbocycles. The van der Waals surface area contributed by atoms with E-state index >= 15 is 0 Å². The summed E-state index contributed by atoms with van der Waals surface area (Å²) in [7, 11) is 0. The van der Waals surface area contributed by atoms with Gasteiger partial charge in [-0.1, -0.05) is 32.6 Å². The average molecular weight is 261 g/mol. The fraction of sp³-hybridized carbons (Fsp3) is 1.00. The molecule has 0 radical (unpaired) electrons. The highest BCUT2D eigenvalue weighted by Crippen LogP contribution is 2.02. The van der Waals surface area contributed by atoms with Crippen LogP contribution in [-0.2, 0) is 4.74 Å². The lowest BCUT2D eigenvalue weighted by atomic mass is 10.2. The van der Waals surface area contributed by atoms with E-state index < -0.39 is 0 Å². The molecule has 0 rings (SSSR count). The Morgan fingerprint density at radius 1 is 0.778 bits per heavy atom.